The normalized spacial score (nSPS) is 57.8. The monoisotopic (exact) mass is 510 g/mol. The van der Waals surface area contributed by atoms with E-state index in [2.05, 4.69) is 31.9 Å². The van der Waals surface area contributed by atoms with Gasteiger partial charge in [0.1, 0.15) is 11.6 Å². The Morgan fingerprint density at radius 1 is 0.571 bits per heavy atom. The highest BCUT2D eigenvalue weighted by atomic mass is 79.9. The lowest BCUT2D eigenvalue weighted by Gasteiger charge is -2.52. The van der Waals surface area contributed by atoms with E-state index in [4.69, 9.17) is 0 Å². The number of alkyl halides is 2. The summed E-state index contributed by atoms with van der Waals surface area (Å²) in [6, 6.07) is 0. The lowest BCUT2D eigenvalue weighted by molar-refractivity contribution is -0.139. The molecule has 0 N–H and O–H groups in total. The number of carbonyl (C=O) groups excluding carboxylic acids is 2. The average Bonchev–Trinajstić information content (AvgIpc) is 3.14. The van der Waals surface area contributed by atoms with Crippen LogP contribution >= 0.6 is 31.9 Å². The Kier molecular flexibility index (Phi) is 4.69. The van der Waals surface area contributed by atoms with Crippen LogP contribution in [0.15, 0.2) is 0 Å². The SMILES string of the molecule is O=C1C2CC(Br)CCC2C2C3CCCCC3C3C4CCC(Br)CC4C(=O)C3C12. The molecule has 0 radical (unpaired) electrons. The Morgan fingerprint density at radius 3 is 1.43 bits per heavy atom. The second-order valence-corrected chi connectivity index (χ2v) is 13.6. The molecule has 12 unspecified atom stereocenters. The third-order valence-electron chi connectivity index (χ3n) is 10.1. The molecule has 0 amide bonds. The van der Waals surface area contributed by atoms with Gasteiger partial charge in [0.05, 0.1) is 0 Å². The maximum absolute atomic E-state index is 13.8. The Labute approximate surface area is 185 Å². The van der Waals surface area contributed by atoms with Crippen LogP contribution < -0.4 is 0 Å². The molecule has 6 fully saturated rings. The highest BCUT2D eigenvalue weighted by Gasteiger charge is 2.68. The molecule has 154 valence electrons. The van der Waals surface area contributed by atoms with Gasteiger partial charge in [0, 0.05) is 33.3 Å². The van der Waals surface area contributed by atoms with Gasteiger partial charge in [0.2, 0.25) is 0 Å². The van der Waals surface area contributed by atoms with Crippen LogP contribution in [0.1, 0.15) is 64.2 Å². The summed E-state index contributed by atoms with van der Waals surface area (Å²) in [5.41, 5.74) is 0. The number of Topliss-reactive ketones (excluding diaryl/α,β-unsaturated/α-hetero) is 2. The molecule has 0 heterocycles. The minimum Gasteiger partial charge on any atom is -0.299 e. The van der Waals surface area contributed by atoms with E-state index in [-0.39, 0.29) is 23.7 Å². The van der Waals surface area contributed by atoms with E-state index in [1.807, 2.05) is 0 Å². The van der Waals surface area contributed by atoms with Gasteiger partial charge in [-0.2, -0.15) is 0 Å². The summed E-state index contributed by atoms with van der Waals surface area (Å²) in [7, 11) is 0. The first-order valence-corrected chi connectivity index (χ1v) is 13.7. The molecule has 2 nitrogen and oxygen atoms in total. The summed E-state index contributed by atoms with van der Waals surface area (Å²) in [5.74, 6) is 5.39. The van der Waals surface area contributed by atoms with Crippen molar-refractivity contribution in [3.05, 3.63) is 0 Å². The summed E-state index contributed by atoms with van der Waals surface area (Å²) in [4.78, 5) is 28.6. The maximum Gasteiger partial charge on any atom is 0.140 e. The minimum atomic E-state index is 0.0871. The van der Waals surface area contributed by atoms with Crippen molar-refractivity contribution in [1.29, 1.82) is 0 Å². The standard InChI is InChI=1S/C24H32Br2O2/c25-11-5-7-15-17(9-11)23(27)21-19(15)13-3-1-2-4-14(13)20-16-8-6-12(26)10-18(16)24(28)22(20)21/h11-22H,1-10H2. The van der Waals surface area contributed by atoms with E-state index in [0.29, 0.717) is 44.9 Å². The van der Waals surface area contributed by atoms with Gasteiger partial charge in [-0.1, -0.05) is 44.7 Å². The quantitative estimate of drug-likeness (QED) is 0.385. The molecule has 12 atom stereocenters. The Morgan fingerprint density at radius 2 is 1.00 bits per heavy atom. The van der Waals surface area contributed by atoms with Crippen LogP contribution in [0.4, 0.5) is 0 Å². The smallest absolute Gasteiger partial charge is 0.140 e. The zero-order valence-corrected chi connectivity index (χ0v) is 19.7. The van der Waals surface area contributed by atoms with Gasteiger partial charge >= 0.3 is 0 Å². The molecule has 6 saturated carbocycles. The van der Waals surface area contributed by atoms with Crippen LogP contribution in [0.2, 0.25) is 0 Å². The maximum atomic E-state index is 13.8. The lowest BCUT2D eigenvalue weighted by Crippen LogP contribution is -2.49. The lowest BCUT2D eigenvalue weighted by atomic mass is 9.51. The van der Waals surface area contributed by atoms with Crippen molar-refractivity contribution in [2.75, 3.05) is 0 Å². The summed E-state index contributed by atoms with van der Waals surface area (Å²) in [5, 5.41) is 0. The number of halogens is 2. The van der Waals surface area contributed by atoms with E-state index in [1.165, 1.54) is 51.4 Å². The fraction of sp³-hybridized carbons (Fsp3) is 0.917. The number of rotatable bonds is 0. The predicted octanol–water partition coefficient (Wildman–Crippen LogP) is 5.80. The van der Waals surface area contributed by atoms with Gasteiger partial charge in [-0.3, -0.25) is 9.59 Å². The summed E-state index contributed by atoms with van der Waals surface area (Å²) in [6.07, 6.45) is 12.2. The van der Waals surface area contributed by atoms with Crippen LogP contribution in [-0.4, -0.2) is 21.2 Å². The summed E-state index contributed by atoms with van der Waals surface area (Å²) >= 11 is 7.64. The molecular weight excluding hydrogens is 480 g/mol. The molecule has 0 bridgehead atoms. The molecule has 6 aliphatic rings. The van der Waals surface area contributed by atoms with Crippen LogP contribution in [0.25, 0.3) is 0 Å². The largest absolute Gasteiger partial charge is 0.299 e. The first-order chi connectivity index (χ1) is 13.6. The van der Waals surface area contributed by atoms with Crippen molar-refractivity contribution in [1.82, 2.24) is 0 Å². The molecule has 0 spiro atoms. The summed E-state index contributed by atoms with van der Waals surface area (Å²) in [6.45, 7) is 0. The van der Waals surface area contributed by atoms with Gasteiger partial charge in [0.25, 0.3) is 0 Å². The third-order valence-corrected chi connectivity index (χ3v) is 11.8. The van der Waals surface area contributed by atoms with Crippen LogP contribution in [0, 0.1) is 59.2 Å². The molecular formula is C24H32Br2O2. The van der Waals surface area contributed by atoms with E-state index in [0.717, 1.165) is 24.7 Å². The van der Waals surface area contributed by atoms with Gasteiger partial charge in [-0.15, -0.1) is 0 Å². The zero-order chi connectivity index (χ0) is 19.2. The second-order valence-electron chi connectivity index (χ2n) is 11.0. The van der Waals surface area contributed by atoms with Gasteiger partial charge in [0.15, 0.2) is 0 Å². The van der Waals surface area contributed by atoms with Crippen molar-refractivity contribution >= 4 is 43.4 Å². The second kappa shape index (κ2) is 6.90. The molecule has 6 rings (SSSR count). The van der Waals surface area contributed by atoms with Gasteiger partial charge in [-0.05, 0) is 86.9 Å². The highest BCUT2D eigenvalue weighted by molar-refractivity contribution is 9.09. The van der Waals surface area contributed by atoms with Crippen molar-refractivity contribution < 1.29 is 9.59 Å². The summed E-state index contributed by atoms with van der Waals surface area (Å²) < 4.78 is 0. The molecule has 0 saturated heterocycles. The topological polar surface area (TPSA) is 34.1 Å². The van der Waals surface area contributed by atoms with Crippen LogP contribution in [-0.2, 0) is 9.59 Å². The van der Waals surface area contributed by atoms with Gasteiger partial charge in [-0.25, -0.2) is 0 Å². The highest BCUT2D eigenvalue weighted by Crippen LogP contribution is 2.67. The molecule has 28 heavy (non-hydrogen) atoms. The van der Waals surface area contributed by atoms with Crippen molar-refractivity contribution in [2.45, 2.75) is 73.9 Å². The van der Waals surface area contributed by atoms with E-state index < -0.39 is 0 Å². The fourth-order valence-electron chi connectivity index (χ4n) is 9.41. The van der Waals surface area contributed by atoms with Crippen LogP contribution in [0.3, 0.4) is 0 Å². The Hall–Kier alpha value is 0.300. The van der Waals surface area contributed by atoms with E-state index >= 15 is 0 Å². The molecule has 0 aromatic carbocycles. The predicted molar refractivity (Wildman–Crippen MR) is 117 cm³/mol. The van der Waals surface area contributed by atoms with Crippen molar-refractivity contribution in [3.8, 4) is 0 Å². The van der Waals surface area contributed by atoms with E-state index in [1.54, 1.807) is 0 Å². The zero-order valence-electron chi connectivity index (χ0n) is 16.6. The molecule has 6 aliphatic carbocycles. The molecule has 0 aromatic heterocycles. The molecule has 0 aromatic rings. The van der Waals surface area contributed by atoms with E-state index in [9.17, 15) is 9.59 Å². The molecule has 0 aliphatic heterocycles. The van der Waals surface area contributed by atoms with Crippen LogP contribution in [0.5, 0.6) is 0 Å². The Balaban J connectivity index is 1.43. The third kappa shape index (κ3) is 2.55. The van der Waals surface area contributed by atoms with Gasteiger partial charge < -0.3 is 0 Å². The first-order valence-electron chi connectivity index (χ1n) is 11.9. The number of ketones is 2. The number of hydrogen-bond acceptors (Lipinski definition) is 2. The fourth-order valence-corrected chi connectivity index (χ4v) is 10.7. The number of carbonyl (C=O) groups is 2. The van der Waals surface area contributed by atoms with Crippen molar-refractivity contribution in [2.24, 2.45) is 59.2 Å². The van der Waals surface area contributed by atoms with Crippen molar-refractivity contribution in [3.63, 3.8) is 0 Å². The number of fused-ring (bicyclic) bond motifs is 10. The number of hydrogen-bond donors (Lipinski definition) is 0. The minimum absolute atomic E-state index is 0.0871. The molecule has 4 heteroatoms. The first kappa shape index (κ1) is 19.0. The Bertz CT molecular complexity index is 634. The average molecular weight is 512 g/mol.